The lowest BCUT2D eigenvalue weighted by atomic mass is 9.79. The number of rotatable bonds is 1. The van der Waals surface area contributed by atoms with E-state index in [2.05, 4.69) is 15.3 Å². The van der Waals surface area contributed by atoms with Crippen LogP contribution in [0, 0.1) is 12.3 Å². The summed E-state index contributed by atoms with van der Waals surface area (Å²) >= 11 is 0. The van der Waals surface area contributed by atoms with E-state index in [1.165, 1.54) is 6.20 Å². The number of hydrogen-bond donors (Lipinski definition) is 1. The zero-order chi connectivity index (χ0) is 13.7. The molecule has 2 fully saturated rings. The molecule has 0 aliphatic carbocycles. The van der Waals surface area contributed by atoms with Gasteiger partial charge in [0.2, 0.25) is 5.82 Å². The first-order chi connectivity index (χ1) is 8.90. The van der Waals surface area contributed by atoms with E-state index in [4.69, 9.17) is 0 Å². The van der Waals surface area contributed by atoms with Crippen molar-refractivity contribution in [2.24, 2.45) is 5.41 Å². The predicted octanol–water partition coefficient (Wildman–Crippen LogP) is 1.60. The van der Waals surface area contributed by atoms with Gasteiger partial charge in [0.25, 0.3) is 0 Å². The molecule has 1 N–H and O–H groups in total. The van der Waals surface area contributed by atoms with Crippen molar-refractivity contribution >= 4 is 5.82 Å². The summed E-state index contributed by atoms with van der Waals surface area (Å²) in [6.45, 7) is 5.22. The zero-order valence-electron chi connectivity index (χ0n) is 10.6. The van der Waals surface area contributed by atoms with Crippen LogP contribution < -0.4 is 10.2 Å². The van der Waals surface area contributed by atoms with E-state index >= 15 is 0 Å². The van der Waals surface area contributed by atoms with Crippen LogP contribution >= 0.6 is 0 Å². The molecule has 0 amide bonds. The first-order valence-corrected chi connectivity index (χ1v) is 6.26. The predicted molar refractivity (Wildman–Crippen MR) is 63.9 cm³/mol. The summed E-state index contributed by atoms with van der Waals surface area (Å²) in [5.41, 5.74) is 0.921. The van der Waals surface area contributed by atoms with Crippen LogP contribution in [0.5, 0.6) is 0 Å². The summed E-state index contributed by atoms with van der Waals surface area (Å²) in [4.78, 5) is 8.97. The van der Waals surface area contributed by atoms with Gasteiger partial charge >= 0.3 is 6.18 Å². The normalized spacial score (nSPS) is 21.8. The molecule has 3 rings (SSSR count). The van der Waals surface area contributed by atoms with E-state index in [0.29, 0.717) is 11.4 Å². The first kappa shape index (κ1) is 12.7. The van der Waals surface area contributed by atoms with Gasteiger partial charge in [0.05, 0.1) is 0 Å². The number of halogens is 3. The topological polar surface area (TPSA) is 41.1 Å². The Balaban J connectivity index is 1.82. The van der Waals surface area contributed by atoms with Gasteiger partial charge in [0, 0.05) is 36.8 Å². The third-order valence-corrected chi connectivity index (χ3v) is 3.88. The van der Waals surface area contributed by atoms with Gasteiger partial charge in [-0.3, -0.25) is 0 Å². The molecule has 0 bridgehead atoms. The van der Waals surface area contributed by atoms with Gasteiger partial charge in [-0.15, -0.1) is 0 Å². The maximum atomic E-state index is 12.6. The Bertz CT molecular complexity index is 486. The summed E-state index contributed by atoms with van der Waals surface area (Å²) < 4.78 is 37.9. The average molecular weight is 272 g/mol. The molecule has 7 heteroatoms. The number of anilines is 1. The monoisotopic (exact) mass is 272 g/mol. The quantitative estimate of drug-likeness (QED) is 0.843. The van der Waals surface area contributed by atoms with E-state index < -0.39 is 12.0 Å². The molecular formula is C12H15F3N4. The fourth-order valence-electron chi connectivity index (χ4n) is 2.87. The number of hydrogen-bond acceptors (Lipinski definition) is 4. The standard InChI is InChI=1S/C12H15F3N4/c1-8-4-17-10(12(13,14)15)18-9(8)19-6-11(7-19)2-3-16-5-11/h4,16H,2-3,5-7H2,1H3. The highest BCUT2D eigenvalue weighted by atomic mass is 19.4. The third-order valence-electron chi connectivity index (χ3n) is 3.88. The average Bonchev–Trinajstić information content (AvgIpc) is 2.75. The largest absolute Gasteiger partial charge is 0.451 e. The molecule has 0 unspecified atom stereocenters. The van der Waals surface area contributed by atoms with Crippen LogP contribution in [0.2, 0.25) is 0 Å². The van der Waals surface area contributed by atoms with E-state index in [0.717, 1.165) is 32.6 Å². The minimum absolute atomic E-state index is 0.232. The van der Waals surface area contributed by atoms with E-state index in [-0.39, 0.29) is 5.41 Å². The molecule has 3 heterocycles. The van der Waals surface area contributed by atoms with Crippen molar-refractivity contribution in [1.82, 2.24) is 15.3 Å². The summed E-state index contributed by atoms with van der Waals surface area (Å²) in [6, 6.07) is 0. The molecule has 0 aromatic carbocycles. The molecule has 4 nitrogen and oxygen atoms in total. The number of aromatic nitrogens is 2. The smallest absolute Gasteiger partial charge is 0.355 e. The summed E-state index contributed by atoms with van der Waals surface area (Å²) in [5.74, 6) is -0.640. The van der Waals surface area contributed by atoms with Crippen molar-refractivity contribution in [3.8, 4) is 0 Å². The molecule has 0 atom stereocenters. The summed E-state index contributed by atoms with van der Waals surface area (Å²) in [7, 11) is 0. The van der Waals surface area contributed by atoms with Crippen LogP contribution in [0.15, 0.2) is 6.20 Å². The Morgan fingerprint density at radius 1 is 1.37 bits per heavy atom. The molecule has 1 aromatic rings. The Morgan fingerprint density at radius 2 is 2.11 bits per heavy atom. The Kier molecular flexibility index (Phi) is 2.70. The van der Waals surface area contributed by atoms with E-state index in [1.807, 2.05) is 4.90 Å². The number of nitrogens with zero attached hydrogens (tertiary/aromatic N) is 3. The SMILES string of the molecule is Cc1cnc(C(F)(F)F)nc1N1CC2(CCNC2)C1. The maximum Gasteiger partial charge on any atom is 0.451 e. The molecule has 104 valence electrons. The number of alkyl halides is 3. The lowest BCUT2D eigenvalue weighted by Gasteiger charge is -2.48. The molecule has 1 aromatic heterocycles. The van der Waals surface area contributed by atoms with E-state index in [9.17, 15) is 13.2 Å². The second-order valence-electron chi connectivity index (χ2n) is 5.48. The summed E-state index contributed by atoms with van der Waals surface area (Å²) in [5, 5.41) is 3.30. The second kappa shape index (κ2) is 4.06. The second-order valence-corrected chi connectivity index (χ2v) is 5.48. The van der Waals surface area contributed by atoms with Crippen LogP contribution in [0.1, 0.15) is 17.8 Å². The Labute approximate surface area is 109 Å². The molecule has 0 saturated carbocycles. The Hall–Kier alpha value is -1.37. The fraction of sp³-hybridized carbons (Fsp3) is 0.667. The zero-order valence-corrected chi connectivity index (χ0v) is 10.6. The van der Waals surface area contributed by atoms with Crippen molar-refractivity contribution in [3.63, 3.8) is 0 Å². The highest BCUT2D eigenvalue weighted by Gasteiger charge is 2.46. The van der Waals surface area contributed by atoms with Crippen LogP contribution in [0.3, 0.4) is 0 Å². The van der Waals surface area contributed by atoms with E-state index in [1.54, 1.807) is 6.92 Å². The van der Waals surface area contributed by atoms with Crippen molar-refractivity contribution < 1.29 is 13.2 Å². The maximum absolute atomic E-state index is 12.6. The van der Waals surface area contributed by atoms with Crippen LogP contribution in [-0.4, -0.2) is 36.1 Å². The Morgan fingerprint density at radius 3 is 2.68 bits per heavy atom. The summed E-state index contributed by atoms with van der Waals surface area (Å²) in [6.07, 6.45) is -2.15. The lowest BCUT2D eigenvalue weighted by Crippen LogP contribution is -2.58. The fourth-order valence-corrected chi connectivity index (χ4v) is 2.87. The van der Waals surface area contributed by atoms with Gasteiger partial charge in [0.1, 0.15) is 5.82 Å². The first-order valence-electron chi connectivity index (χ1n) is 6.26. The highest BCUT2D eigenvalue weighted by molar-refractivity contribution is 5.49. The minimum Gasteiger partial charge on any atom is -0.355 e. The van der Waals surface area contributed by atoms with Crippen LogP contribution in [-0.2, 0) is 6.18 Å². The number of aryl methyl sites for hydroxylation is 1. The van der Waals surface area contributed by atoms with Crippen molar-refractivity contribution in [2.45, 2.75) is 19.5 Å². The van der Waals surface area contributed by atoms with Gasteiger partial charge in [-0.25, -0.2) is 9.97 Å². The molecule has 2 saturated heterocycles. The van der Waals surface area contributed by atoms with Gasteiger partial charge in [-0.2, -0.15) is 13.2 Å². The minimum atomic E-state index is -4.49. The van der Waals surface area contributed by atoms with Gasteiger partial charge < -0.3 is 10.2 Å². The van der Waals surface area contributed by atoms with Crippen molar-refractivity contribution in [1.29, 1.82) is 0 Å². The van der Waals surface area contributed by atoms with Crippen molar-refractivity contribution in [2.75, 3.05) is 31.1 Å². The van der Waals surface area contributed by atoms with Crippen LogP contribution in [0.4, 0.5) is 19.0 Å². The highest BCUT2D eigenvalue weighted by Crippen LogP contribution is 2.39. The van der Waals surface area contributed by atoms with Gasteiger partial charge in [0.15, 0.2) is 0 Å². The van der Waals surface area contributed by atoms with Crippen molar-refractivity contribution in [3.05, 3.63) is 17.6 Å². The molecular weight excluding hydrogens is 257 g/mol. The van der Waals surface area contributed by atoms with Gasteiger partial charge in [-0.05, 0) is 19.9 Å². The molecule has 2 aliphatic heterocycles. The molecule has 19 heavy (non-hydrogen) atoms. The number of nitrogens with one attached hydrogen (secondary N) is 1. The van der Waals surface area contributed by atoms with Gasteiger partial charge in [-0.1, -0.05) is 0 Å². The van der Waals surface area contributed by atoms with Crippen LogP contribution in [0.25, 0.3) is 0 Å². The third kappa shape index (κ3) is 2.16. The lowest BCUT2D eigenvalue weighted by molar-refractivity contribution is -0.144. The molecule has 2 aliphatic rings. The molecule has 1 spiro atoms. The molecule has 0 radical (unpaired) electrons.